The number of nitrogens with one attached hydrogen (secondary N) is 2. The lowest BCUT2D eigenvalue weighted by Crippen LogP contribution is -2.63. The van der Waals surface area contributed by atoms with Crippen LogP contribution in [0, 0.1) is 46.6 Å². The molecule has 2 aromatic rings. The highest BCUT2D eigenvalue weighted by atomic mass is 19.1. The second kappa shape index (κ2) is 8.08. The first-order chi connectivity index (χ1) is 16.3. The van der Waals surface area contributed by atoms with E-state index >= 15 is 0 Å². The fraction of sp³-hybridized carbons (Fsp3) is 0.500. The molecule has 178 valence electrons. The molecule has 3 heterocycles. The van der Waals surface area contributed by atoms with Crippen LogP contribution in [0.5, 0.6) is 0 Å². The fourth-order valence-electron chi connectivity index (χ4n) is 6.51. The number of rotatable bonds is 5. The highest BCUT2D eigenvalue weighted by Crippen LogP contribution is 2.53. The molecular weight excluding hydrogens is 444 g/mol. The number of amides is 3. The summed E-state index contributed by atoms with van der Waals surface area (Å²) in [4.78, 5) is 43.3. The Morgan fingerprint density at radius 1 is 1.26 bits per heavy atom. The van der Waals surface area contributed by atoms with Gasteiger partial charge in [0, 0.05) is 30.5 Å². The molecule has 2 saturated heterocycles. The van der Waals surface area contributed by atoms with Crippen molar-refractivity contribution in [1.29, 1.82) is 5.26 Å². The molecule has 0 spiro atoms. The number of halogens is 2. The third kappa shape index (κ3) is 3.17. The van der Waals surface area contributed by atoms with Gasteiger partial charge in [0.15, 0.2) is 0 Å². The van der Waals surface area contributed by atoms with Gasteiger partial charge < -0.3 is 20.9 Å². The molecule has 3 fully saturated rings. The van der Waals surface area contributed by atoms with E-state index in [2.05, 4.69) is 16.4 Å². The number of aromatic amines is 1. The second-order valence-electron chi connectivity index (χ2n) is 9.63. The smallest absolute Gasteiger partial charge is 0.271 e. The van der Waals surface area contributed by atoms with Crippen LogP contribution >= 0.6 is 0 Å². The molecule has 2 aliphatic heterocycles. The van der Waals surface area contributed by atoms with Crippen LogP contribution in [0.2, 0.25) is 0 Å². The molecule has 0 radical (unpaired) electrons. The van der Waals surface area contributed by atoms with Gasteiger partial charge in [-0.3, -0.25) is 14.4 Å². The topological polar surface area (TPSA) is 132 Å². The average Bonchev–Trinajstić information content (AvgIpc) is 3.55. The van der Waals surface area contributed by atoms with Crippen LogP contribution in [-0.2, 0) is 9.59 Å². The number of nitrogens with two attached hydrogens (primary N) is 1. The van der Waals surface area contributed by atoms with Gasteiger partial charge in [0.05, 0.1) is 17.5 Å². The maximum atomic E-state index is 14.3. The zero-order valence-electron chi connectivity index (χ0n) is 18.4. The van der Waals surface area contributed by atoms with Crippen LogP contribution in [0.3, 0.4) is 0 Å². The molecule has 5 rings (SSSR count). The van der Waals surface area contributed by atoms with E-state index in [1.54, 1.807) is 0 Å². The standard InChI is InChI=1S/C24H25F2N5O3/c25-15-7-18(26)16-9-20(30-19(16)8-15)22(33)31-11-13-2-1-3-17(13)24(31,23(28)34)14(10-27)6-12-4-5-29-21(12)32/h7-9,12-14,17,30H,1-6,11H2,(H2,28,34)(H,29,32)/t12-,13?,14-,17?,24?/m1/s1. The van der Waals surface area contributed by atoms with Crippen molar-refractivity contribution in [2.24, 2.45) is 29.4 Å². The minimum Gasteiger partial charge on any atom is -0.368 e. The fourth-order valence-corrected chi connectivity index (χ4v) is 6.51. The molecule has 0 bridgehead atoms. The van der Waals surface area contributed by atoms with Crippen molar-refractivity contribution in [1.82, 2.24) is 15.2 Å². The first-order valence-electron chi connectivity index (χ1n) is 11.5. The second-order valence-corrected chi connectivity index (χ2v) is 9.63. The maximum absolute atomic E-state index is 14.3. The van der Waals surface area contributed by atoms with Crippen molar-refractivity contribution in [3.63, 3.8) is 0 Å². The van der Waals surface area contributed by atoms with E-state index in [0.717, 1.165) is 25.0 Å². The number of hydrogen-bond acceptors (Lipinski definition) is 4. The normalized spacial score (nSPS) is 29.1. The predicted octanol–water partition coefficient (Wildman–Crippen LogP) is 2.21. The van der Waals surface area contributed by atoms with Gasteiger partial charge in [-0.1, -0.05) is 6.42 Å². The van der Waals surface area contributed by atoms with Gasteiger partial charge in [0.2, 0.25) is 11.8 Å². The lowest BCUT2D eigenvalue weighted by atomic mass is 9.69. The average molecular weight is 469 g/mol. The summed E-state index contributed by atoms with van der Waals surface area (Å²) < 4.78 is 28.0. The number of fused-ring (bicyclic) bond motifs is 2. The third-order valence-corrected chi connectivity index (χ3v) is 7.98. The first-order valence-corrected chi connectivity index (χ1v) is 11.5. The van der Waals surface area contributed by atoms with Crippen molar-refractivity contribution in [3.8, 4) is 6.07 Å². The maximum Gasteiger partial charge on any atom is 0.271 e. The number of nitriles is 1. The summed E-state index contributed by atoms with van der Waals surface area (Å²) in [5, 5.41) is 13.0. The number of primary amides is 1. The van der Waals surface area contributed by atoms with E-state index in [1.165, 1.54) is 11.0 Å². The Morgan fingerprint density at radius 2 is 2.06 bits per heavy atom. The van der Waals surface area contributed by atoms with Crippen LogP contribution in [0.4, 0.5) is 8.78 Å². The number of nitrogens with zero attached hydrogens (tertiary/aromatic N) is 2. The number of carbonyl (C=O) groups is 3. The Morgan fingerprint density at radius 3 is 2.74 bits per heavy atom. The number of hydrogen-bond donors (Lipinski definition) is 3. The van der Waals surface area contributed by atoms with E-state index in [4.69, 9.17) is 5.73 Å². The van der Waals surface area contributed by atoms with Crippen molar-refractivity contribution >= 4 is 28.6 Å². The van der Waals surface area contributed by atoms with Gasteiger partial charge in [-0.05, 0) is 49.7 Å². The molecule has 3 amide bonds. The first kappa shape index (κ1) is 22.3. The van der Waals surface area contributed by atoms with Crippen molar-refractivity contribution < 1.29 is 23.2 Å². The molecule has 4 N–H and O–H groups in total. The Kier molecular flexibility index (Phi) is 5.30. The molecule has 34 heavy (non-hydrogen) atoms. The zero-order valence-corrected chi connectivity index (χ0v) is 18.4. The van der Waals surface area contributed by atoms with Crippen LogP contribution in [0.25, 0.3) is 10.9 Å². The lowest BCUT2D eigenvalue weighted by molar-refractivity contribution is -0.133. The Bertz CT molecular complexity index is 1240. The molecule has 8 nitrogen and oxygen atoms in total. The van der Waals surface area contributed by atoms with E-state index in [-0.39, 0.29) is 47.3 Å². The summed E-state index contributed by atoms with van der Waals surface area (Å²) in [7, 11) is 0. The summed E-state index contributed by atoms with van der Waals surface area (Å²) in [6, 6.07) is 5.32. The van der Waals surface area contributed by atoms with E-state index in [0.29, 0.717) is 19.4 Å². The highest BCUT2D eigenvalue weighted by Gasteiger charge is 2.64. The van der Waals surface area contributed by atoms with E-state index < -0.39 is 40.8 Å². The summed E-state index contributed by atoms with van der Waals surface area (Å²) >= 11 is 0. The molecule has 5 atom stereocenters. The largest absolute Gasteiger partial charge is 0.368 e. The van der Waals surface area contributed by atoms with Crippen molar-refractivity contribution in [2.75, 3.05) is 13.1 Å². The van der Waals surface area contributed by atoms with Gasteiger partial charge in [-0.25, -0.2) is 8.78 Å². The molecule has 10 heteroatoms. The number of aromatic nitrogens is 1. The summed E-state index contributed by atoms with van der Waals surface area (Å²) in [5.41, 5.74) is 4.51. The Labute approximate surface area is 194 Å². The minimum atomic E-state index is -1.59. The predicted molar refractivity (Wildman–Crippen MR) is 117 cm³/mol. The van der Waals surface area contributed by atoms with Crippen molar-refractivity contribution in [3.05, 3.63) is 35.5 Å². The molecule has 1 aromatic heterocycles. The Hall–Kier alpha value is -3.48. The highest BCUT2D eigenvalue weighted by molar-refractivity contribution is 6.02. The number of H-pyrrole nitrogens is 1. The molecule has 1 aliphatic carbocycles. The number of benzene rings is 1. The summed E-state index contributed by atoms with van der Waals surface area (Å²) in [5.74, 6) is -4.87. The minimum absolute atomic E-state index is 0.0109. The van der Waals surface area contributed by atoms with Gasteiger partial charge in [-0.2, -0.15) is 5.26 Å². The van der Waals surface area contributed by atoms with Gasteiger partial charge in [0.1, 0.15) is 22.9 Å². The molecule has 3 unspecified atom stereocenters. The van der Waals surface area contributed by atoms with E-state index in [1.807, 2.05) is 0 Å². The Balaban J connectivity index is 1.59. The summed E-state index contributed by atoms with van der Waals surface area (Å²) in [6.45, 7) is 0.727. The third-order valence-electron chi connectivity index (χ3n) is 7.98. The zero-order chi connectivity index (χ0) is 24.2. The monoisotopic (exact) mass is 469 g/mol. The van der Waals surface area contributed by atoms with E-state index in [9.17, 15) is 28.4 Å². The molecular formula is C24H25F2N5O3. The van der Waals surface area contributed by atoms with Crippen molar-refractivity contribution in [2.45, 2.75) is 37.6 Å². The van der Waals surface area contributed by atoms with Gasteiger partial charge in [0.25, 0.3) is 5.91 Å². The van der Waals surface area contributed by atoms with Gasteiger partial charge in [-0.15, -0.1) is 0 Å². The van der Waals surface area contributed by atoms with Gasteiger partial charge >= 0.3 is 0 Å². The molecule has 3 aliphatic rings. The van der Waals surface area contributed by atoms with Crippen LogP contribution in [-0.4, -0.2) is 46.2 Å². The number of carbonyl (C=O) groups excluding carboxylic acids is 3. The van der Waals surface area contributed by atoms with Crippen LogP contribution in [0.1, 0.15) is 42.6 Å². The number of likely N-dealkylation sites (tertiary alicyclic amines) is 1. The summed E-state index contributed by atoms with van der Waals surface area (Å²) in [6.07, 6.45) is 2.94. The molecule has 1 aromatic carbocycles. The van der Waals surface area contributed by atoms with Crippen LogP contribution < -0.4 is 11.1 Å². The molecule has 1 saturated carbocycles. The SMILES string of the molecule is N#C[C@@H](C[C@H]1CCNC1=O)C1(C(N)=O)C2CCCC2CN1C(=O)c1cc2c(F)cc(F)cc2[nH]1. The quantitative estimate of drug-likeness (QED) is 0.619. The lowest BCUT2D eigenvalue weighted by Gasteiger charge is -2.43. The van der Waals surface area contributed by atoms with Crippen LogP contribution in [0.15, 0.2) is 18.2 Å².